The largest absolute Gasteiger partial charge is 0.0622 e. The maximum absolute atomic E-state index is 2.39. The van der Waals surface area contributed by atoms with Crippen molar-refractivity contribution in [2.24, 2.45) is 0 Å². The predicted molar refractivity (Wildman–Crippen MR) is 167 cm³/mol. The van der Waals surface area contributed by atoms with Gasteiger partial charge in [-0.25, -0.2) is 0 Å². The van der Waals surface area contributed by atoms with Crippen LogP contribution >= 0.6 is 0 Å². The monoisotopic (exact) mass is 496 g/mol. The molecule has 0 amide bonds. The minimum absolute atomic E-state index is 0.0726. The number of rotatable bonds is 2. The van der Waals surface area contributed by atoms with Crippen LogP contribution in [0.3, 0.4) is 0 Å². The molecule has 0 atom stereocenters. The van der Waals surface area contributed by atoms with Gasteiger partial charge >= 0.3 is 0 Å². The summed E-state index contributed by atoms with van der Waals surface area (Å²) in [6.45, 7) is 4.75. The van der Waals surface area contributed by atoms with Gasteiger partial charge in [0.15, 0.2) is 0 Å². The third-order valence-electron chi connectivity index (χ3n) is 8.83. The zero-order chi connectivity index (χ0) is 26.1. The molecule has 7 aromatic carbocycles. The van der Waals surface area contributed by atoms with Crippen LogP contribution in [0.5, 0.6) is 0 Å². The predicted octanol–water partition coefficient (Wildman–Crippen LogP) is 10.8. The van der Waals surface area contributed by atoms with Crippen molar-refractivity contribution in [2.45, 2.75) is 19.3 Å². The van der Waals surface area contributed by atoms with Crippen LogP contribution in [0.15, 0.2) is 133 Å². The zero-order valence-electron chi connectivity index (χ0n) is 22.2. The highest BCUT2D eigenvalue weighted by Gasteiger charge is 2.34. The maximum Gasteiger partial charge on any atom is 0.0159 e. The molecule has 0 saturated heterocycles. The van der Waals surface area contributed by atoms with Crippen molar-refractivity contribution in [3.63, 3.8) is 0 Å². The molecule has 1 aliphatic carbocycles. The van der Waals surface area contributed by atoms with Crippen LogP contribution in [0.1, 0.15) is 25.0 Å². The van der Waals surface area contributed by atoms with Crippen molar-refractivity contribution in [2.75, 3.05) is 0 Å². The highest BCUT2D eigenvalue weighted by Crippen LogP contribution is 2.53. The van der Waals surface area contributed by atoms with Gasteiger partial charge in [-0.2, -0.15) is 0 Å². The average Bonchev–Trinajstić information content (AvgIpc) is 2.99. The standard InChI is InChI=1S/C39H28/c1-39(2)34-17-9-8-15-32(34)37-31-14-7-6-13-30(31)36(33-16-10-18-35(39)38(33)37)28-22-20-26-19-21-27(23-29(26)24-28)25-11-4-3-5-12-25/h3-24H,1-2H3. The molecule has 39 heavy (non-hydrogen) atoms. The zero-order valence-corrected chi connectivity index (χ0v) is 22.2. The van der Waals surface area contributed by atoms with E-state index in [0.29, 0.717) is 0 Å². The summed E-state index contributed by atoms with van der Waals surface area (Å²) in [5, 5.41) is 7.90. The van der Waals surface area contributed by atoms with Crippen molar-refractivity contribution in [3.05, 3.63) is 145 Å². The smallest absolute Gasteiger partial charge is 0.0159 e. The Morgan fingerprint density at radius 1 is 0.410 bits per heavy atom. The summed E-state index contributed by atoms with van der Waals surface area (Å²) in [6.07, 6.45) is 0. The molecule has 0 aliphatic heterocycles. The molecule has 8 rings (SSSR count). The number of hydrogen-bond acceptors (Lipinski definition) is 0. The van der Waals surface area contributed by atoms with Crippen LogP contribution in [0.4, 0.5) is 0 Å². The molecule has 0 aromatic heterocycles. The van der Waals surface area contributed by atoms with Crippen LogP contribution < -0.4 is 0 Å². The Morgan fingerprint density at radius 2 is 1.03 bits per heavy atom. The van der Waals surface area contributed by atoms with E-state index in [1.54, 1.807) is 0 Å². The van der Waals surface area contributed by atoms with Gasteiger partial charge in [0.25, 0.3) is 0 Å². The summed E-state index contributed by atoms with van der Waals surface area (Å²) in [5.74, 6) is 0. The summed E-state index contributed by atoms with van der Waals surface area (Å²) in [5.41, 5.74) is 10.6. The molecule has 0 spiro atoms. The molecule has 0 N–H and O–H groups in total. The van der Waals surface area contributed by atoms with E-state index >= 15 is 0 Å². The normalized spacial score (nSPS) is 13.6. The fourth-order valence-electron chi connectivity index (χ4n) is 6.94. The molecule has 0 heterocycles. The van der Waals surface area contributed by atoms with Gasteiger partial charge in [-0.3, -0.25) is 0 Å². The highest BCUT2D eigenvalue weighted by atomic mass is 14.4. The first-order chi connectivity index (χ1) is 19.1. The van der Waals surface area contributed by atoms with Crippen LogP contribution in [-0.4, -0.2) is 0 Å². The molecule has 0 fully saturated rings. The Balaban J connectivity index is 1.48. The Hall–Kier alpha value is -4.68. The first-order valence-corrected chi connectivity index (χ1v) is 13.8. The van der Waals surface area contributed by atoms with Gasteiger partial charge in [-0.1, -0.05) is 135 Å². The number of hydrogen-bond donors (Lipinski definition) is 0. The molecule has 0 heteroatoms. The molecular weight excluding hydrogens is 468 g/mol. The molecule has 7 aromatic rings. The van der Waals surface area contributed by atoms with Crippen LogP contribution in [0.25, 0.3) is 65.7 Å². The minimum atomic E-state index is -0.0726. The fourth-order valence-corrected chi connectivity index (χ4v) is 6.94. The highest BCUT2D eigenvalue weighted by molar-refractivity contribution is 6.24. The summed E-state index contributed by atoms with van der Waals surface area (Å²) in [6, 6.07) is 49.4. The third kappa shape index (κ3) is 3.18. The topological polar surface area (TPSA) is 0 Å². The van der Waals surface area contributed by atoms with E-state index in [-0.39, 0.29) is 5.41 Å². The summed E-state index contributed by atoms with van der Waals surface area (Å²) in [7, 11) is 0. The van der Waals surface area contributed by atoms with E-state index in [2.05, 4.69) is 147 Å². The SMILES string of the molecule is CC1(C)c2ccccc2-c2c3ccccc3c(-c3ccc4ccc(-c5ccccc5)cc4c3)c3cccc1c23. The lowest BCUT2D eigenvalue weighted by atomic mass is 9.67. The van der Waals surface area contributed by atoms with Crippen molar-refractivity contribution in [1.82, 2.24) is 0 Å². The second kappa shape index (κ2) is 8.16. The Kier molecular flexibility index (Phi) is 4.67. The number of benzene rings is 7. The molecule has 1 aliphatic rings. The van der Waals surface area contributed by atoms with Crippen molar-refractivity contribution in [1.29, 1.82) is 0 Å². The Bertz CT molecular complexity index is 2080. The molecule has 184 valence electrons. The summed E-state index contributed by atoms with van der Waals surface area (Å²) in [4.78, 5) is 0. The van der Waals surface area contributed by atoms with E-state index < -0.39 is 0 Å². The molecule has 0 bridgehead atoms. The van der Waals surface area contributed by atoms with Gasteiger partial charge in [0, 0.05) is 5.41 Å². The Labute approximate surface area is 229 Å². The van der Waals surface area contributed by atoms with Crippen molar-refractivity contribution in [3.8, 4) is 33.4 Å². The molecule has 0 nitrogen and oxygen atoms in total. The average molecular weight is 497 g/mol. The van der Waals surface area contributed by atoms with Crippen LogP contribution in [-0.2, 0) is 5.41 Å². The summed E-state index contributed by atoms with van der Waals surface area (Å²) < 4.78 is 0. The van der Waals surface area contributed by atoms with Gasteiger partial charge in [0.1, 0.15) is 0 Å². The maximum atomic E-state index is 2.39. The van der Waals surface area contributed by atoms with Crippen molar-refractivity contribution < 1.29 is 0 Å². The lowest BCUT2D eigenvalue weighted by Crippen LogP contribution is -2.23. The Morgan fingerprint density at radius 3 is 1.85 bits per heavy atom. The van der Waals surface area contributed by atoms with E-state index in [4.69, 9.17) is 0 Å². The lowest BCUT2D eigenvalue weighted by molar-refractivity contribution is 0.645. The van der Waals surface area contributed by atoms with Gasteiger partial charge in [0.05, 0.1) is 0 Å². The van der Waals surface area contributed by atoms with E-state index in [1.165, 1.54) is 76.8 Å². The van der Waals surface area contributed by atoms with Gasteiger partial charge < -0.3 is 0 Å². The second-order valence-electron chi connectivity index (χ2n) is 11.3. The van der Waals surface area contributed by atoms with Crippen LogP contribution in [0.2, 0.25) is 0 Å². The van der Waals surface area contributed by atoms with Gasteiger partial charge in [0.2, 0.25) is 0 Å². The van der Waals surface area contributed by atoms with E-state index in [9.17, 15) is 0 Å². The second-order valence-corrected chi connectivity index (χ2v) is 11.3. The first kappa shape index (κ1) is 22.3. The van der Waals surface area contributed by atoms with Gasteiger partial charge in [-0.15, -0.1) is 0 Å². The summed E-state index contributed by atoms with van der Waals surface area (Å²) >= 11 is 0. The minimum Gasteiger partial charge on any atom is -0.0622 e. The van der Waals surface area contributed by atoms with E-state index in [0.717, 1.165) is 0 Å². The third-order valence-corrected chi connectivity index (χ3v) is 8.83. The quantitative estimate of drug-likeness (QED) is 0.209. The molecule has 0 unspecified atom stereocenters. The molecular formula is C39H28. The fraction of sp³-hybridized carbons (Fsp3) is 0.0769. The molecule has 0 saturated carbocycles. The van der Waals surface area contributed by atoms with Crippen LogP contribution in [0, 0.1) is 0 Å². The first-order valence-electron chi connectivity index (χ1n) is 13.8. The van der Waals surface area contributed by atoms with E-state index in [1.807, 2.05) is 0 Å². The van der Waals surface area contributed by atoms with Crippen molar-refractivity contribution >= 4 is 32.3 Å². The number of fused-ring (bicyclic) bond motifs is 5. The lowest BCUT2D eigenvalue weighted by Gasteiger charge is -2.36. The molecule has 0 radical (unpaired) electrons. The van der Waals surface area contributed by atoms with Gasteiger partial charge in [-0.05, 0) is 89.0 Å².